The van der Waals surface area contributed by atoms with E-state index in [-0.39, 0.29) is 11.9 Å². The van der Waals surface area contributed by atoms with Crippen LogP contribution in [-0.4, -0.2) is 76.2 Å². The van der Waals surface area contributed by atoms with Crippen LogP contribution in [0.5, 0.6) is 11.8 Å². The Balaban J connectivity index is 1.40. The third kappa shape index (κ3) is 3.71. The van der Waals surface area contributed by atoms with Crippen molar-refractivity contribution in [1.29, 1.82) is 0 Å². The molecule has 0 radical (unpaired) electrons. The average Bonchev–Trinajstić information content (AvgIpc) is 3.45. The molecule has 0 N–H and O–H groups in total. The quantitative estimate of drug-likeness (QED) is 0.754. The van der Waals surface area contributed by atoms with E-state index in [2.05, 4.69) is 25.2 Å². The second kappa shape index (κ2) is 7.99. The fourth-order valence-corrected chi connectivity index (χ4v) is 3.71. The van der Waals surface area contributed by atoms with E-state index in [0.29, 0.717) is 23.4 Å². The number of likely N-dealkylation sites (tertiary alicyclic amines) is 1. The van der Waals surface area contributed by atoms with Gasteiger partial charge in [-0.25, -0.2) is 4.68 Å². The van der Waals surface area contributed by atoms with Crippen molar-refractivity contribution in [2.45, 2.75) is 31.7 Å². The molecule has 2 saturated heterocycles. The van der Waals surface area contributed by atoms with E-state index in [9.17, 15) is 4.79 Å². The molecule has 4 rings (SSSR count). The molecule has 0 spiro atoms. The van der Waals surface area contributed by atoms with Gasteiger partial charge in [-0.1, -0.05) is 5.21 Å². The number of rotatable bonds is 5. The first kappa shape index (κ1) is 18.5. The van der Waals surface area contributed by atoms with Gasteiger partial charge in [-0.2, -0.15) is 9.97 Å². The molecule has 10 nitrogen and oxygen atoms in total. The van der Waals surface area contributed by atoms with Crippen molar-refractivity contribution in [1.82, 2.24) is 29.9 Å². The minimum Gasteiger partial charge on any atom is -0.481 e. The number of carbonyl (C=O) groups excluding carboxylic acids is 1. The smallest absolute Gasteiger partial charge is 0.276 e. The van der Waals surface area contributed by atoms with Gasteiger partial charge in [0.1, 0.15) is 0 Å². The van der Waals surface area contributed by atoms with E-state index in [0.717, 1.165) is 51.9 Å². The van der Waals surface area contributed by atoms with E-state index < -0.39 is 0 Å². The van der Waals surface area contributed by atoms with Crippen molar-refractivity contribution in [3.63, 3.8) is 0 Å². The minimum atomic E-state index is -0.0157. The number of hydrogen-bond donors (Lipinski definition) is 0. The largest absolute Gasteiger partial charge is 0.481 e. The molecule has 2 fully saturated rings. The maximum absolute atomic E-state index is 12.5. The lowest BCUT2D eigenvalue weighted by molar-refractivity contribution is 0.0787. The molecule has 0 bridgehead atoms. The minimum absolute atomic E-state index is 0.0157. The molecule has 2 aromatic rings. The molecule has 28 heavy (non-hydrogen) atoms. The Hall–Kier alpha value is -2.91. The number of aromatic nitrogens is 5. The highest BCUT2D eigenvalue weighted by molar-refractivity contribution is 5.92. The van der Waals surface area contributed by atoms with Crippen LogP contribution in [0, 0.1) is 0 Å². The second-order valence-electron chi connectivity index (χ2n) is 7.05. The summed E-state index contributed by atoms with van der Waals surface area (Å²) >= 11 is 0. The number of methoxy groups -OCH3 is 2. The van der Waals surface area contributed by atoms with Crippen LogP contribution in [0.4, 0.5) is 5.95 Å². The molecule has 2 aliphatic rings. The number of amides is 1. The van der Waals surface area contributed by atoms with Gasteiger partial charge in [0, 0.05) is 26.2 Å². The van der Waals surface area contributed by atoms with Crippen molar-refractivity contribution in [2.75, 3.05) is 45.3 Å². The van der Waals surface area contributed by atoms with Crippen LogP contribution < -0.4 is 14.4 Å². The van der Waals surface area contributed by atoms with Gasteiger partial charge in [-0.05, 0) is 25.7 Å². The van der Waals surface area contributed by atoms with Crippen LogP contribution in [0.3, 0.4) is 0 Å². The maximum Gasteiger partial charge on any atom is 0.276 e. The number of anilines is 1. The Bertz CT molecular complexity index is 804. The summed E-state index contributed by atoms with van der Waals surface area (Å²) in [6.07, 6.45) is 5.64. The van der Waals surface area contributed by atoms with Gasteiger partial charge >= 0.3 is 0 Å². The number of ether oxygens (including phenoxy) is 2. The zero-order chi connectivity index (χ0) is 19.5. The zero-order valence-corrected chi connectivity index (χ0v) is 16.2. The molecule has 2 aliphatic heterocycles. The fraction of sp³-hybridized carbons (Fsp3) is 0.611. The first-order valence-electron chi connectivity index (χ1n) is 9.61. The van der Waals surface area contributed by atoms with E-state index in [1.165, 1.54) is 0 Å². The normalized spacial score (nSPS) is 17.8. The standard InChI is InChI=1S/C18H25N7O3/c1-27-15-11-16(28-2)20-18(19-15)24-9-5-13(6-10-24)25-12-14(21-22-25)17(26)23-7-3-4-8-23/h11-13H,3-10H2,1-2H3. The van der Waals surface area contributed by atoms with Gasteiger partial charge in [0.05, 0.1) is 32.5 Å². The molecule has 0 aliphatic carbocycles. The Labute approximate surface area is 163 Å². The number of piperidine rings is 1. The summed E-state index contributed by atoms with van der Waals surface area (Å²) in [5.74, 6) is 1.53. The summed E-state index contributed by atoms with van der Waals surface area (Å²) in [6, 6.07) is 1.86. The Morgan fingerprint density at radius 3 is 2.29 bits per heavy atom. The molecule has 0 atom stereocenters. The highest BCUT2D eigenvalue weighted by atomic mass is 16.5. The third-order valence-corrected chi connectivity index (χ3v) is 5.33. The topological polar surface area (TPSA) is 98.5 Å². The van der Waals surface area contributed by atoms with Crippen LogP contribution in [0.25, 0.3) is 0 Å². The van der Waals surface area contributed by atoms with Crippen LogP contribution >= 0.6 is 0 Å². The van der Waals surface area contributed by atoms with Crippen molar-refractivity contribution in [3.8, 4) is 11.8 Å². The fourth-order valence-electron chi connectivity index (χ4n) is 3.71. The predicted molar refractivity (Wildman–Crippen MR) is 101 cm³/mol. The van der Waals surface area contributed by atoms with Gasteiger partial charge in [-0.3, -0.25) is 4.79 Å². The molecule has 0 unspecified atom stereocenters. The Morgan fingerprint density at radius 2 is 1.68 bits per heavy atom. The molecule has 2 aromatic heterocycles. The highest BCUT2D eigenvalue weighted by Gasteiger charge is 2.26. The summed E-state index contributed by atoms with van der Waals surface area (Å²) in [6.45, 7) is 3.18. The maximum atomic E-state index is 12.5. The lowest BCUT2D eigenvalue weighted by Gasteiger charge is -2.31. The molecule has 0 aromatic carbocycles. The van der Waals surface area contributed by atoms with Crippen molar-refractivity contribution < 1.29 is 14.3 Å². The summed E-state index contributed by atoms with van der Waals surface area (Å²) in [4.78, 5) is 25.3. The van der Waals surface area contributed by atoms with E-state index >= 15 is 0 Å². The van der Waals surface area contributed by atoms with Crippen LogP contribution in [0.1, 0.15) is 42.2 Å². The van der Waals surface area contributed by atoms with Crippen molar-refractivity contribution in [3.05, 3.63) is 18.0 Å². The molecule has 10 heteroatoms. The van der Waals surface area contributed by atoms with E-state index in [4.69, 9.17) is 9.47 Å². The first-order chi connectivity index (χ1) is 13.7. The van der Waals surface area contributed by atoms with E-state index in [1.807, 2.05) is 9.58 Å². The monoisotopic (exact) mass is 387 g/mol. The Morgan fingerprint density at radius 1 is 1.04 bits per heavy atom. The average molecular weight is 387 g/mol. The molecule has 1 amide bonds. The number of carbonyl (C=O) groups is 1. The summed E-state index contributed by atoms with van der Waals surface area (Å²) in [5, 5.41) is 8.32. The molecular formula is C18H25N7O3. The highest BCUT2D eigenvalue weighted by Crippen LogP contribution is 2.27. The molecular weight excluding hydrogens is 362 g/mol. The van der Waals surface area contributed by atoms with Gasteiger partial charge in [0.25, 0.3) is 5.91 Å². The van der Waals surface area contributed by atoms with Crippen molar-refractivity contribution >= 4 is 11.9 Å². The predicted octanol–water partition coefficient (Wildman–Crippen LogP) is 1.16. The van der Waals surface area contributed by atoms with Gasteiger partial charge in [-0.15, -0.1) is 5.10 Å². The summed E-state index contributed by atoms with van der Waals surface area (Å²) in [5.41, 5.74) is 0.435. The summed E-state index contributed by atoms with van der Waals surface area (Å²) in [7, 11) is 3.15. The zero-order valence-electron chi connectivity index (χ0n) is 16.2. The SMILES string of the molecule is COc1cc(OC)nc(N2CCC(n3cc(C(=O)N4CCCC4)nn3)CC2)n1. The lowest BCUT2D eigenvalue weighted by Crippen LogP contribution is -2.36. The van der Waals surface area contributed by atoms with Crippen molar-refractivity contribution in [2.24, 2.45) is 0 Å². The summed E-state index contributed by atoms with van der Waals surface area (Å²) < 4.78 is 12.3. The molecule has 0 saturated carbocycles. The van der Waals surface area contributed by atoms with E-state index in [1.54, 1.807) is 26.5 Å². The van der Waals surface area contributed by atoms with Crippen LogP contribution in [0.15, 0.2) is 12.3 Å². The lowest BCUT2D eigenvalue weighted by atomic mass is 10.1. The number of hydrogen-bond acceptors (Lipinski definition) is 8. The third-order valence-electron chi connectivity index (χ3n) is 5.33. The van der Waals surface area contributed by atoms with Gasteiger partial charge in [0.2, 0.25) is 17.7 Å². The molecule has 4 heterocycles. The number of nitrogens with zero attached hydrogens (tertiary/aromatic N) is 7. The Kier molecular flexibility index (Phi) is 5.27. The second-order valence-corrected chi connectivity index (χ2v) is 7.05. The first-order valence-corrected chi connectivity index (χ1v) is 9.61. The van der Waals surface area contributed by atoms with Crippen LogP contribution in [-0.2, 0) is 0 Å². The van der Waals surface area contributed by atoms with Gasteiger partial charge < -0.3 is 19.3 Å². The van der Waals surface area contributed by atoms with Gasteiger partial charge in [0.15, 0.2) is 5.69 Å². The molecule has 150 valence electrons. The van der Waals surface area contributed by atoms with Crippen LogP contribution in [0.2, 0.25) is 0 Å².